The normalized spacial score (nSPS) is 10.2. The zero-order valence-corrected chi connectivity index (χ0v) is 11.4. The Morgan fingerprint density at radius 3 is 3.00 bits per heavy atom. The van der Waals surface area contributed by atoms with Gasteiger partial charge in [0.2, 0.25) is 0 Å². The van der Waals surface area contributed by atoms with E-state index in [1.807, 2.05) is 18.2 Å². The van der Waals surface area contributed by atoms with Crippen molar-refractivity contribution in [3.05, 3.63) is 33.2 Å². The number of nitrogens with zero attached hydrogens (tertiary/aromatic N) is 2. The Morgan fingerprint density at radius 1 is 1.53 bits per heavy atom. The standard InChI is InChI=1S/C11H9BrN2O2S/c1-2-16-10(15)9-8(14-11(12)17-9)7-5-3-4-6-13-7/h3-6H,2H2,1H3. The SMILES string of the molecule is CCOC(=O)c1sc(Br)nc1-c1ccccn1. The molecule has 0 spiro atoms. The number of carbonyl (C=O) groups is 1. The average Bonchev–Trinajstić information content (AvgIpc) is 2.73. The summed E-state index contributed by atoms with van der Waals surface area (Å²) >= 11 is 4.52. The highest BCUT2D eigenvalue weighted by atomic mass is 79.9. The van der Waals surface area contributed by atoms with Crippen molar-refractivity contribution in [2.24, 2.45) is 0 Å². The summed E-state index contributed by atoms with van der Waals surface area (Å²) in [5, 5.41) is 0. The smallest absolute Gasteiger partial charge is 0.350 e. The van der Waals surface area contributed by atoms with Gasteiger partial charge in [-0.3, -0.25) is 4.98 Å². The molecule has 0 radical (unpaired) electrons. The molecule has 0 atom stereocenters. The Balaban J connectivity index is 2.44. The number of halogens is 1. The quantitative estimate of drug-likeness (QED) is 0.817. The van der Waals surface area contributed by atoms with Crippen molar-refractivity contribution in [3.8, 4) is 11.4 Å². The summed E-state index contributed by atoms with van der Waals surface area (Å²) in [7, 11) is 0. The highest BCUT2D eigenvalue weighted by molar-refractivity contribution is 9.11. The Bertz CT molecular complexity index is 528. The molecule has 2 aromatic rings. The number of thiazole rings is 1. The monoisotopic (exact) mass is 312 g/mol. The molecular formula is C11H9BrN2O2S. The Kier molecular flexibility index (Phi) is 3.86. The molecule has 2 aromatic heterocycles. The zero-order chi connectivity index (χ0) is 12.3. The van der Waals surface area contributed by atoms with E-state index < -0.39 is 0 Å². The second-order valence-electron chi connectivity index (χ2n) is 3.08. The minimum atomic E-state index is -0.364. The highest BCUT2D eigenvalue weighted by Crippen LogP contribution is 2.30. The van der Waals surface area contributed by atoms with Crippen LogP contribution >= 0.6 is 27.3 Å². The third-order valence-corrected chi connectivity index (χ3v) is 3.46. The Morgan fingerprint density at radius 2 is 2.35 bits per heavy atom. The van der Waals surface area contributed by atoms with Crippen LogP contribution < -0.4 is 0 Å². The number of carbonyl (C=O) groups excluding carboxylic acids is 1. The average molecular weight is 313 g/mol. The lowest BCUT2D eigenvalue weighted by atomic mass is 10.2. The minimum absolute atomic E-state index is 0.343. The summed E-state index contributed by atoms with van der Waals surface area (Å²) in [6, 6.07) is 5.48. The van der Waals surface area contributed by atoms with Gasteiger partial charge in [-0.15, -0.1) is 0 Å². The third kappa shape index (κ3) is 2.70. The van der Waals surface area contributed by atoms with Crippen molar-refractivity contribution >= 4 is 33.2 Å². The van der Waals surface area contributed by atoms with Gasteiger partial charge in [0, 0.05) is 6.20 Å². The molecule has 2 heterocycles. The molecule has 0 unspecified atom stereocenters. The lowest BCUT2D eigenvalue weighted by Crippen LogP contribution is -2.04. The second kappa shape index (κ2) is 5.37. The first-order chi connectivity index (χ1) is 8.22. The van der Waals surface area contributed by atoms with E-state index in [2.05, 4.69) is 25.9 Å². The molecule has 6 heteroatoms. The number of rotatable bonds is 3. The van der Waals surface area contributed by atoms with E-state index in [0.717, 1.165) is 0 Å². The molecule has 0 bridgehead atoms. The fourth-order valence-corrected chi connectivity index (χ4v) is 2.66. The van der Waals surface area contributed by atoms with Crippen LogP contribution in [0.1, 0.15) is 16.6 Å². The van der Waals surface area contributed by atoms with E-state index in [1.165, 1.54) is 11.3 Å². The van der Waals surface area contributed by atoms with Crippen LogP contribution in [0.3, 0.4) is 0 Å². The van der Waals surface area contributed by atoms with Crippen LogP contribution in [0.25, 0.3) is 11.4 Å². The van der Waals surface area contributed by atoms with E-state index >= 15 is 0 Å². The molecule has 0 aromatic carbocycles. The number of esters is 1. The van der Waals surface area contributed by atoms with Crippen LogP contribution in [-0.4, -0.2) is 22.5 Å². The third-order valence-electron chi connectivity index (χ3n) is 1.97. The number of hydrogen-bond donors (Lipinski definition) is 0. The first-order valence-corrected chi connectivity index (χ1v) is 6.58. The molecule has 0 fully saturated rings. The van der Waals surface area contributed by atoms with Gasteiger partial charge in [0.1, 0.15) is 10.6 Å². The molecule has 0 saturated carbocycles. The summed E-state index contributed by atoms with van der Waals surface area (Å²) < 4.78 is 5.63. The van der Waals surface area contributed by atoms with Gasteiger partial charge in [0.25, 0.3) is 0 Å². The maximum absolute atomic E-state index is 11.8. The minimum Gasteiger partial charge on any atom is -0.462 e. The summed E-state index contributed by atoms with van der Waals surface area (Å²) in [5.41, 5.74) is 1.22. The van der Waals surface area contributed by atoms with Gasteiger partial charge in [-0.25, -0.2) is 9.78 Å². The predicted octanol–water partition coefficient (Wildman–Crippen LogP) is 3.14. The molecule has 4 nitrogen and oxygen atoms in total. The van der Waals surface area contributed by atoms with Gasteiger partial charge in [-0.05, 0) is 35.0 Å². The van der Waals surface area contributed by atoms with Crippen molar-refractivity contribution in [2.75, 3.05) is 6.61 Å². The molecular weight excluding hydrogens is 304 g/mol. The van der Waals surface area contributed by atoms with Gasteiger partial charge in [0.15, 0.2) is 3.92 Å². The van der Waals surface area contributed by atoms with Crippen molar-refractivity contribution < 1.29 is 9.53 Å². The van der Waals surface area contributed by atoms with E-state index in [-0.39, 0.29) is 5.97 Å². The van der Waals surface area contributed by atoms with E-state index in [4.69, 9.17) is 4.74 Å². The topological polar surface area (TPSA) is 52.1 Å². The van der Waals surface area contributed by atoms with Crippen LogP contribution in [0.2, 0.25) is 0 Å². The summed E-state index contributed by atoms with van der Waals surface area (Å²) in [6.07, 6.45) is 1.66. The fraction of sp³-hybridized carbons (Fsp3) is 0.182. The first kappa shape index (κ1) is 12.2. The van der Waals surface area contributed by atoms with Crippen molar-refractivity contribution in [1.82, 2.24) is 9.97 Å². The molecule has 0 aliphatic carbocycles. The maximum Gasteiger partial charge on any atom is 0.350 e. The molecule has 0 aliphatic heterocycles. The molecule has 88 valence electrons. The fourth-order valence-electron chi connectivity index (χ4n) is 1.31. The molecule has 2 rings (SSSR count). The van der Waals surface area contributed by atoms with Crippen LogP contribution in [0.4, 0.5) is 0 Å². The number of aromatic nitrogens is 2. The highest BCUT2D eigenvalue weighted by Gasteiger charge is 2.20. The molecule has 0 saturated heterocycles. The van der Waals surface area contributed by atoms with Crippen molar-refractivity contribution in [3.63, 3.8) is 0 Å². The van der Waals surface area contributed by atoms with Gasteiger partial charge >= 0.3 is 5.97 Å². The molecule has 17 heavy (non-hydrogen) atoms. The lowest BCUT2D eigenvalue weighted by Gasteiger charge is -2.01. The largest absolute Gasteiger partial charge is 0.462 e. The van der Waals surface area contributed by atoms with Crippen LogP contribution in [0, 0.1) is 0 Å². The van der Waals surface area contributed by atoms with E-state index in [1.54, 1.807) is 13.1 Å². The first-order valence-electron chi connectivity index (χ1n) is 4.97. The van der Waals surface area contributed by atoms with Crippen molar-refractivity contribution in [1.29, 1.82) is 0 Å². The Labute approximate surface area is 111 Å². The second-order valence-corrected chi connectivity index (χ2v) is 5.36. The number of pyridine rings is 1. The summed E-state index contributed by atoms with van der Waals surface area (Å²) in [5.74, 6) is -0.364. The van der Waals surface area contributed by atoms with E-state index in [9.17, 15) is 4.79 Å². The Hall–Kier alpha value is -1.27. The van der Waals surface area contributed by atoms with Gasteiger partial charge in [0.05, 0.1) is 12.3 Å². The van der Waals surface area contributed by atoms with Gasteiger partial charge in [-0.1, -0.05) is 17.4 Å². The number of ether oxygens (including phenoxy) is 1. The maximum atomic E-state index is 11.8. The number of hydrogen-bond acceptors (Lipinski definition) is 5. The van der Waals surface area contributed by atoms with Gasteiger partial charge in [-0.2, -0.15) is 0 Å². The lowest BCUT2D eigenvalue weighted by molar-refractivity contribution is 0.0532. The summed E-state index contributed by atoms with van der Waals surface area (Å²) in [4.78, 5) is 20.7. The zero-order valence-electron chi connectivity index (χ0n) is 9.01. The van der Waals surface area contributed by atoms with Crippen LogP contribution in [0.15, 0.2) is 28.3 Å². The predicted molar refractivity (Wildman–Crippen MR) is 69.0 cm³/mol. The van der Waals surface area contributed by atoms with Crippen LogP contribution in [0.5, 0.6) is 0 Å². The van der Waals surface area contributed by atoms with Crippen LogP contribution in [-0.2, 0) is 4.74 Å². The van der Waals surface area contributed by atoms with E-state index in [0.29, 0.717) is 26.8 Å². The summed E-state index contributed by atoms with van der Waals surface area (Å²) in [6.45, 7) is 2.12. The molecule has 0 aliphatic rings. The molecule has 0 N–H and O–H groups in total. The van der Waals surface area contributed by atoms with Gasteiger partial charge < -0.3 is 4.74 Å². The molecule has 0 amide bonds. The van der Waals surface area contributed by atoms with Crippen molar-refractivity contribution in [2.45, 2.75) is 6.92 Å².